The molecule has 1 aliphatic rings. The van der Waals surface area contributed by atoms with Gasteiger partial charge in [0.25, 0.3) is 5.91 Å². The van der Waals surface area contributed by atoms with Crippen molar-refractivity contribution < 1.29 is 14.0 Å². The molecule has 3 aromatic carbocycles. The predicted molar refractivity (Wildman–Crippen MR) is 157 cm³/mol. The summed E-state index contributed by atoms with van der Waals surface area (Å²) in [7, 11) is 0. The molecular formula is C30H26Cl3FN4O2. The Hall–Kier alpha value is -3.36. The molecule has 0 saturated carbocycles. The zero-order valence-electron chi connectivity index (χ0n) is 21.3. The fraction of sp³-hybridized carbons (Fsp3) is 0.200. The van der Waals surface area contributed by atoms with Crippen molar-refractivity contribution in [1.29, 1.82) is 0 Å². The third kappa shape index (κ3) is 5.88. The Kier molecular flexibility index (Phi) is 8.19. The van der Waals surface area contributed by atoms with Crippen LogP contribution in [-0.4, -0.2) is 39.9 Å². The molecule has 1 fully saturated rings. The van der Waals surface area contributed by atoms with Crippen LogP contribution in [-0.2, 0) is 11.3 Å². The van der Waals surface area contributed by atoms with Crippen molar-refractivity contribution in [3.8, 4) is 16.9 Å². The number of carbonyl (C=O) groups excluding carboxylic acids is 2. The van der Waals surface area contributed by atoms with Crippen molar-refractivity contribution in [2.45, 2.75) is 24.9 Å². The largest absolute Gasteiger partial charge is 0.368 e. The highest BCUT2D eigenvalue weighted by Gasteiger charge is 2.40. The maximum absolute atomic E-state index is 13.7. The Morgan fingerprint density at radius 1 is 0.900 bits per heavy atom. The molecular weight excluding hydrogens is 574 g/mol. The molecule has 3 N–H and O–H groups in total. The lowest BCUT2D eigenvalue weighted by Crippen LogP contribution is -2.61. The van der Waals surface area contributed by atoms with Gasteiger partial charge in [-0.3, -0.25) is 14.9 Å². The van der Waals surface area contributed by atoms with Gasteiger partial charge in [-0.25, -0.2) is 4.39 Å². The number of amides is 2. The molecule has 40 heavy (non-hydrogen) atoms. The van der Waals surface area contributed by atoms with Crippen LogP contribution >= 0.6 is 34.8 Å². The fourth-order valence-corrected chi connectivity index (χ4v) is 5.59. The van der Waals surface area contributed by atoms with Crippen LogP contribution in [0.1, 0.15) is 28.8 Å². The molecule has 2 heterocycles. The lowest BCUT2D eigenvalue weighted by molar-refractivity contribution is -0.126. The number of nitrogens with zero attached hydrogens (tertiary/aromatic N) is 2. The van der Waals surface area contributed by atoms with Gasteiger partial charge in [0.05, 0.1) is 16.3 Å². The fourth-order valence-electron chi connectivity index (χ4n) is 4.96. The van der Waals surface area contributed by atoms with E-state index in [2.05, 4.69) is 5.32 Å². The minimum absolute atomic E-state index is 0.171. The average molecular weight is 600 g/mol. The molecule has 1 saturated heterocycles. The number of rotatable bonds is 7. The van der Waals surface area contributed by atoms with E-state index in [1.54, 1.807) is 53.6 Å². The number of nitrogens with one attached hydrogen (secondary N) is 1. The number of primary amides is 1. The smallest absolute Gasteiger partial charge is 0.255 e. The Labute approximate surface area is 246 Å². The zero-order valence-corrected chi connectivity index (χ0v) is 23.6. The number of piperidine rings is 1. The molecule has 0 unspecified atom stereocenters. The highest BCUT2D eigenvalue weighted by atomic mass is 35.5. The molecule has 0 radical (unpaired) electrons. The topological polar surface area (TPSA) is 80.4 Å². The minimum Gasteiger partial charge on any atom is -0.368 e. The van der Waals surface area contributed by atoms with Crippen LogP contribution in [0.15, 0.2) is 79.0 Å². The molecule has 1 aromatic heterocycles. The molecule has 2 amide bonds. The summed E-state index contributed by atoms with van der Waals surface area (Å²) in [5, 5.41) is 4.82. The number of nitrogens with two attached hydrogens (primary N) is 1. The summed E-state index contributed by atoms with van der Waals surface area (Å²) in [5.74, 6) is -0.975. The van der Waals surface area contributed by atoms with Gasteiger partial charge in [0.15, 0.2) is 0 Å². The number of aromatic nitrogens is 1. The Morgan fingerprint density at radius 3 is 2.17 bits per heavy atom. The van der Waals surface area contributed by atoms with Crippen molar-refractivity contribution in [3.63, 3.8) is 0 Å². The minimum atomic E-state index is -0.970. The van der Waals surface area contributed by atoms with Crippen molar-refractivity contribution in [1.82, 2.24) is 14.8 Å². The van der Waals surface area contributed by atoms with Gasteiger partial charge in [-0.15, -0.1) is 0 Å². The highest BCUT2D eigenvalue weighted by molar-refractivity contribution is 6.36. The summed E-state index contributed by atoms with van der Waals surface area (Å²) in [5.41, 5.74) is 8.39. The first-order valence-corrected chi connectivity index (χ1v) is 13.8. The van der Waals surface area contributed by atoms with Crippen LogP contribution in [0.3, 0.4) is 0 Å². The monoisotopic (exact) mass is 598 g/mol. The van der Waals surface area contributed by atoms with Crippen LogP contribution in [0.5, 0.6) is 0 Å². The van der Waals surface area contributed by atoms with E-state index in [0.29, 0.717) is 53.1 Å². The summed E-state index contributed by atoms with van der Waals surface area (Å²) in [6.45, 7) is 1.02. The summed E-state index contributed by atoms with van der Waals surface area (Å²) in [4.78, 5) is 27.9. The van der Waals surface area contributed by atoms with E-state index in [9.17, 15) is 14.0 Å². The van der Waals surface area contributed by atoms with Gasteiger partial charge in [-0.05, 0) is 79.1 Å². The molecule has 4 aromatic rings. The van der Waals surface area contributed by atoms with E-state index in [4.69, 9.17) is 40.5 Å². The van der Waals surface area contributed by atoms with E-state index in [0.717, 1.165) is 22.5 Å². The molecule has 0 aliphatic carbocycles. The van der Waals surface area contributed by atoms with Crippen LogP contribution in [0.4, 0.5) is 4.39 Å². The second-order valence-corrected chi connectivity index (χ2v) is 11.1. The average Bonchev–Trinajstić information content (AvgIpc) is 3.38. The van der Waals surface area contributed by atoms with Gasteiger partial charge in [-0.2, -0.15) is 0 Å². The normalized spacial score (nSPS) is 14.8. The van der Waals surface area contributed by atoms with Crippen LogP contribution in [0, 0.1) is 5.82 Å². The third-order valence-electron chi connectivity index (χ3n) is 7.30. The number of hydrogen-bond donors (Lipinski definition) is 2. The van der Waals surface area contributed by atoms with Crippen molar-refractivity contribution >= 4 is 46.6 Å². The van der Waals surface area contributed by atoms with Crippen LogP contribution < -0.4 is 11.1 Å². The maximum Gasteiger partial charge on any atom is 0.255 e. The lowest BCUT2D eigenvalue weighted by atomic mass is 9.86. The van der Waals surface area contributed by atoms with E-state index in [1.807, 2.05) is 22.8 Å². The molecule has 0 bridgehead atoms. The zero-order chi connectivity index (χ0) is 28.4. The molecule has 0 spiro atoms. The third-order valence-corrected chi connectivity index (χ3v) is 8.10. The van der Waals surface area contributed by atoms with Gasteiger partial charge in [0, 0.05) is 47.1 Å². The molecule has 5 rings (SSSR count). The molecule has 206 valence electrons. The Balaban J connectivity index is 1.38. The lowest BCUT2D eigenvalue weighted by Gasteiger charge is -2.40. The van der Waals surface area contributed by atoms with Crippen molar-refractivity contribution in [3.05, 3.63) is 111 Å². The van der Waals surface area contributed by atoms with E-state index >= 15 is 0 Å². The van der Waals surface area contributed by atoms with E-state index in [1.165, 1.54) is 12.1 Å². The Bertz CT molecular complexity index is 1550. The molecule has 10 heteroatoms. The van der Waals surface area contributed by atoms with E-state index in [-0.39, 0.29) is 11.7 Å². The standard InChI is InChI=1S/C30H26Cl3FN4O2/c31-21-3-8-24(9-4-21)38-18-20(15-27(38)25-10-5-22(32)16-26(25)33)28(39)37-13-11-30(12-14-37,29(35)40)36-17-19-1-6-23(34)7-2-19/h1-10,15-16,18,36H,11-14,17H2,(H2,35,40). The first-order valence-electron chi connectivity index (χ1n) is 12.7. The van der Waals surface area contributed by atoms with E-state index < -0.39 is 11.4 Å². The van der Waals surface area contributed by atoms with Gasteiger partial charge < -0.3 is 15.2 Å². The number of carbonyl (C=O) groups is 2. The van der Waals surface area contributed by atoms with Gasteiger partial charge >= 0.3 is 0 Å². The number of hydrogen-bond acceptors (Lipinski definition) is 3. The second kappa shape index (κ2) is 11.6. The quantitative estimate of drug-likeness (QED) is 0.255. The molecule has 1 aliphatic heterocycles. The molecule has 0 atom stereocenters. The van der Waals surface area contributed by atoms with Crippen molar-refractivity contribution in [2.75, 3.05) is 13.1 Å². The SMILES string of the molecule is NC(=O)C1(NCc2ccc(F)cc2)CCN(C(=O)c2cc(-c3ccc(Cl)cc3Cl)n(-c3ccc(Cl)cc3)c2)CC1. The number of likely N-dealkylation sites (tertiary alicyclic amines) is 1. The maximum atomic E-state index is 13.7. The van der Waals surface area contributed by atoms with Crippen LogP contribution in [0.2, 0.25) is 15.1 Å². The summed E-state index contributed by atoms with van der Waals surface area (Å²) in [6, 6.07) is 20.4. The van der Waals surface area contributed by atoms with Gasteiger partial charge in [0.1, 0.15) is 11.4 Å². The first-order chi connectivity index (χ1) is 19.1. The Morgan fingerprint density at radius 2 is 1.55 bits per heavy atom. The summed E-state index contributed by atoms with van der Waals surface area (Å²) < 4.78 is 15.2. The van der Waals surface area contributed by atoms with Crippen LogP contribution in [0.25, 0.3) is 16.9 Å². The van der Waals surface area contributed by atoms with Crippen molar-refractivity contribution in [2.24, 2.45) is 5.73 Å². The second-order valence-electron chi connectivity index (χ2n) is 9.80. The summed E-state index contributed by atoms with van der Waals surface area (Å²) >= 11 is 18.8. The van der Waals surface area contributed by atoms with Gasteiger partial charge in [-0.1, -0.05) is 46.9 Å². The highest BCUT2D eigenvalue weighted by Crippen LogP contribution is 2.34. The predicted octanol–water partition coefficient (Wildman–Crippen LogP) is 6.49. The van der Waals surface area contributed by atoms with Gasteiger partial charge in [0.2, 0.25) is 5.91 Å². The number of halogens is 4. The summed E-state index contributed by atoms with van der Waals surface area (Å²) in [6.07, 6.45) is 2.47. The number of benzene rings is 3. The first kappa shape index (κ1) is 28.2. The molecule has 6 nitrogen and oxygen atoms in total.